The van der Waals surface area contributed by atoms with Crippen LogP contribution in [0, 0.1) is 5.92 Å². The highest BCUT2D eigenvalue weighted by Gasteiger charge is 2.21. The first-order chi connectivity index (χ1) is 10.4. The van der Waals surface area contributed by atoms with Gasteiger partial charge in [0.25, 0.3) is 0 Å². The normalized spacial score (nSPS) is 21.9. The zero-order valence-corrected chi connectivity index (χ0v) is 12.4. The lowest BCUT2D eigenvalue weighted by atomic mass is 9.77. The van der Waals surface area contributed by atoms with Crippen molar-refractivity contribution in [3.05, 3.63) is 60.9 Å². The molecule has 1 aliphatic carbocycles. The fourth-order valence-corrected chi connectivity index (χ4v) is 3.32. The van der Waals surface area contributed by atoms with Crippen LogP contribution < -0.4 is 0 Å². The Bertz CT molecular complexity index is 566. The van der Waals surface area contributed by atoms with E-state index in [1.165, 1.54) is 37.7 Å². The van der Waals surface area contributed by atoms with E-state index in [1.807, 2.05) is 6.07 Å². The van der Waals surface area contributed by atoms with Crippen LogP contribution in [0.15, 0.2) is 55.4 Å². The molecule has 0 radical (unpaired) electrons. The summed E-state index contributed by atoms with van der Waals surface area (Å²) in [6, 6.07) is 10.7. The van der Waals surface area contributed by atoms with Gasteiger partial charge in [0.15, 0.2) is 5.82 Å². The van der Waals surface area contributed by atoms with E-state index in [-0.39, 0.29) is 0 Å². The molecule has 1 heterocycles. The number of hydrogen-bond acceptors (Lipinski definition) is 2. The van der Waals surface area contributed by atoms with E-state index >= 15 is 0 Å². The number of benzene rings is 1. The average molecular weight is 278 g/mol. The maximum atomic E-state index is 4.30. The summed E-state index contributed by atoms with van der Waals surface area (Å²) in [5.74, 6) is 2.38. The van der Waals surface area contributed by atoms with Gasteiger partial charge in [-0.3, -0.25) is 0 Å². The number of aromatic nitrogens is 2. The number of allylic oxidation sites excluding steroid dienone is 1. The van der Waals surface area contributed by atoms with Crippen LogP contribution in [0.1, 0.15) is 43.6 Å². The molecule has 0 unspecified atom stereocenters. The van der Waals surface area contributed by atoms with E-state index in [0.717, 1.165) is 23.2 Å². The lowest BCUT2D eigenvalue weighted by molar-refractivity contribution is 0.328. The van der Waals surface area contributed by atoms with Crippen LogP contribution in [0.4, 0.5) is 0 Å². The summed E-state index contributed by atoms with van der Waals surface area (Å²) in [7, 11) is 0. The van der Waals surface area contributed by atoms with Gasteiger partial charge in [-0.1, -0.05) is 30.3 Å². The zero-order valence-electron chi connectivity index (χ0n) is 12.4. The molecule has 0 aliphatic heterocycles. The molecule has 0 N–H and O–H groups in total. The van der Waals surface area contributed by atoms with Gasteiger partial charge in [-0.05, 0) is 55.6 Å². The van der Waals surface area contributed by atoms with E-state index < -0.39 is 0 Å². The third-order valence-electron chi connectivity index (χ3n) is 4.55. The summed E-state index contributed by atoms with van der Waals surface area (Å²) in [5, 5.41) is 0. The molecule has 0 spiro atoms. The fraction of sp³-hybridized carbons (Fsp3) is 0.368. The first-order valence-corrected chi connectivity index (χ1v) is 7.85. The zero-order chi connectivity index (χ0) is 14.5. The Kier molecular flexibility index (Phi) is 4.44. The molecule has 3 rings (SSSR count). The molecule has 0 bridgehead atoms. The molecular weight excluding hydrogens is 256 g/mol. The maximum absolute atomic E-state index is 4.30. The minimum absolute atomic E-state index is 0.719. The predicted molar refractivity (Wildman–Crippen MR) is 87.0 cm³/mol. The van der Waals surface area contributed by atoms with Crippen molar-refractivity contribution in [3.63, 3.8) is 0 Å². The smallest absolute Gasteiger partial charge is 0.159 e. The second kappa shape index (κ2) is 6.66. The van der Waals surface area contributed by atoms with Crippen molar-refractivity contribution in [2.75, 3.05) is 0 Å². The average Bonchev–Trinajstić information content (AvgIpc) is 2.57. The lowest BCUT2D eigenvalue weighted by Gasteiger charge is -2.28. The Balaban J connectivity index is 1.67. The molecule has 2 nitrogen and oxygen atoms in total. The van der Waals surface area contributed by atoms with Crippen molar-refractivity contribution < 1.29 is 0 Å². The van der Waals surface area contributed by atoms with Crippen molar-refractivity contribution in [2.24, 2.45) is 5.92 Å². The third-order valence-corrected chi connectivity index (χ3v) is 4.55. The summed E-state index contributed by atoms with van der Waals surface area (Å²) >= 11 is 0. The quantitative estimate of drug-likeness (QED) is 0.736. The van der Waals surface area contributed by atoms with E-state index in [0.29, 0.717) is 0 Å². The van der Waals surface area contributed by atoms with Crippen LogP contribution in [0.3, 0.4) is 0 Å². The molecule has 1 aromatic carbocycles. The minimum atomic E-state index is 0.719. The molecule has 108 valence electrons. The minimum Gasteiger partial charge on any atom is -0.237 e. The van der Waals surface area contributed by atoms with Gasteiger partial charge in [-0.15, -0.1) is 6.58 Å². The van der Waals surface area contributed by atoms with Gasteiger partial charge in [-0.25, -0.2) is 9.97 Å². The fourth-order valence-electron chi connectivity index (χ4n) is 3.32. The molecule has 2 aromatic rings. The summed E-state index contributed by atoms with van der Waals surface area (Å²) in [6.07, 6.45) is 12.1. The molecule has 21 heavy (non-hydrogen) atoms. The third kappa shape index (κ3) is 3.38. The van der Waals surface area contributed by atoms with Crippen LogP contribution in [-0.4, -0.2) is 9.97 Å². The summed E-state index contributed by atoms with van der Waals surface area (Å²) in [4.78, 5) is 8.60. The maximum Gasteiger partial charge on any atom is 0.159 e. The molecule has 1 fully saturated rings. The summed E-state index contributed by atoms with van der Waals surface area (Å²) in [5.41, 5.74) is 2.56. The Morgan fingerprint density at radius 3 is 2.29 bits per heavy atom. The van der Waals surface area contributed by atoms with Crippen molar-refractivity contribution in [1.82, 2.24) is 9.97 Å². The van der Waals surface area contributed by atoms with E-state index in [1.54, 1.807) is 12.4 Å². The number of hydrogen-bond donors (Lipinski definition) is 0. The lowest BCUT2D eigenvalue weighted by Crippen LogP contribution is -2.12. The van der Waals surface area contributed by atoms with E-state index in [2.05, 4.69) is 46.9 Å². The monoisotopic (exact) mass is 278 g/mol. The van der Waals surface area contributed by atoms with Gasteiger partial charge in [0, 0.05) is 18.0 Å². The number of rotatable bonds is 4. The highest BCUT2D eigenvalue weighted by atomic mass is 14.8. The van der Waals surface area contributed by atoms with Gasteiger partial charge in [0.05, 0.1) is 0 Å². The second-order valence-corrected chi connectivity index (χ2v) is 5.94. The van der Waals surface area contributed by atoms with Gasteiger partial charge in [-0.2, -0.15) is 0 Å². The SMILES string of the molecule is C=CCC1CCC(c2ccc(-c3ncccn3)cc2)CC1. The Labute approximate surface area is 127 Å². The van der Waals surface area contributed by atoms with Crippen LogP contribution in [0.5, 0.6) is 0 Å². The molecule has 1 saturated carbocycles. The van der Waals surface area contributed by atoms with Crippen LogP contribution in [0.25, 0.3) is 11.4 Å². The Hall–Kier alpha value is -1.96. The van der Waals surface area contributed by atoms with Gasteiger partial charge >= 0.3 is 0 Å². The molecule has 2 heteroatoms. The van der Waals surface area contributed by atoms with Crippen molar-refractivity contribution in [2.45, 2.75) is 38.0 Å². The Morgan fingerprint density at radius 2 is 1.67 bits per heavy atom. The van der Waals surface area contributed by atoms with Crippen LogP contribution in [0.2, 0.25) is 0 Å². The van der Waals surface area contributed by atoms with Crippen molar-refractivity contribution in [1.29, 1.82) is 0 Å². The first kappa shape index (κ1) is 14.0. The van der Waals surface area contributed by atoms with Crippen molar-refractivity contribution >= 4 is 0 Å². The predicted octanol–water partition coefficient (Wildman–Crippen LogP) is 4.99. The van der Waals surface area contributed by atoms with Gasteiger partial charge in [0.1, 0.15) is 0 Å². The first-order valence-electron chi connectivity index (χ1n) is 7.85. The highest BCUT2D eigenvalue weighted by Crippen LogP contribution is 2.37. The van der Waals surface area contributed by atoms with Crippen LogP contribution >= 0.6 is 0 Å². The largest absolute Gasteiger partial charge is 0.237 e. The van der Waals surface area contributed by atoms with E-state index in [4.69, 9.17) is 0 Å². The molecule has 1 aromatic heterocycles. The molecule has 0 amide bonds. The second-order valence-electron chi connectivity index (χ2n) is 5.94. The van der Waals surface area contributed by atoms with Gasteiger partial charge < -0.3 is 0 Å². The highest BCUT2D eigenvalue weighted by molar-refractivity contribution is 5.55. The molecule has 1 aliphatic rings. The molecule has 0 atom stereocenters. The van der Waals surface area contributed by atoms with Gasteiger partial charge in [0.2, 0.25) is 0 Å². The number of nitrogens with zero attached hydrogens (tertiary/aromatic N) is 2. The standard InChI is InChI=1S/C19H22N2/c1-2-4-15-5-7-16(8-6-15)17-9-11-18(12-10-17)19-20-13-3-14-21-19/h2-3,9-16H,1,4-8H2. The summed E-state index contributed by atoms with van der Waals surface area (Å²) < 4.78 is 0. The van der Waals surface area contributed by atoms with E-state index in [9.17, 15) is 0 Å². The molecule has 0 saturated heterocycles. The molecular formula is C19H22N2. The van der Waals surface area contributed by atoms with Crippen LogP contribution in [-0.2, 0) is 0 Å². The Morgan fingerprint density at radius 1 is 1.00 bits per heavy atom. The van der Waals surface area contributed by atoms with Crippen molar-refractivity contribution in [3.8, 4) is 11.4 Å². The topological polar surface area (TPSA) is 25.8 Å². The summed E-state index contributed by atoms with van der Waals surface area (Å²) in [6.45, 7) is 3.86.